The van der Waals surface area contributed by atoms with Crippen LogP contribution in [0, 0.1) is 6.92 Å². The van der Waals surface area contributed by atoms with E-state index in [0.29, 0.717) is 11.3 Å². The van der Waals surface area contributed by atoms with Gasteiger partial charge in [-0.3, -0.25) is 14.4 Å². The van der Waals surface area contributed by atoms with Crippen LogP contribution in [0.25, 0.3) is 0 Å². The fourth-order valence-electron chi connectivity index (χ4n) is 2.95. The first-order valence-electron chi connectivity index (χ1n) is 11.0. The van der Waals surface area contributed by atoms with Crippen molar-refractivity contribution < 1.29 is 32.3 Å². The van der Waals surface area contributed by atoms with Crippen LogP contribution in [0.3, 0.4) is 0 Å². The molecule has 3 aromatic rings. The summed E-state index contributed by atoms with van der Waals surface area (Å²) in [6, 6.07) is 18.0. The zero-order chi connectivity index (χ0) is 26.8. The first-order valence-corrected chi connectivity index (χ1v) is 11.0. The number of halogens is 3. The molecule has 0 unspecified atom stereocenters. The second-order valence-electron chi connectivity index (χ2n) is 7.85. The number of carbonyl (C=O) groups is 3. The molecule has 37 heavy (non-hydrogen) atoms. The molecule has 0 atom stereocenters. The number of ether oxygens (including phenoxy) is 1. The van der Waals surface area contributed by atoms with Crippen molar-refractivity contribution in [2.45, 2.75) is 19.6 Å². The van der Waals surface area contributed by atoms with Gasteiger partial charge < -0.3 is 15.4 Å². The van der Waals surface area contributed by atoms with Crippen molar-refractivity contribution in [2.75, 3.05) is 11.9 Å². The van der Waals surface area contributed by atoms with Gasteiger partial charge in [0.15, 0.2) is 6.61 Å². The quantitative estimate of drug-likeness (QED) is 0.242. The van der Waals surface area contributed by atoms with Gasteiger partial charge in [0.25, 0.3) is 5.91 Å². The summed E-state index contributed by atoms with van der Waals surface area (Å²) < 4.78 is 43.7. The summed E-state index contributed by atoms with van der Waals surface area (Å²) in [5.74, 6) is -2.05. The molecule has 0 fully saturated rings. The predicted octanol–water partition coefficient (Wildman–Crippen LogP) is 3.80. The molecule has 3 N–H and O–H groups in total. The number of anilines is 1. The van der Waals surface area contributed by atoms with Gasteiger partial charge in [-0.25, -0.2) is 5.43 Å². The Labute approximate surface area is 210 Å². The molecule has 0 aliphatic heterocycles. The zero-order valence-electron chi connectivity index (χ0n) is 19.6. The van der Waals surface area contributed by atoms with Crippen LogP contribution in [0.1, 0.15) is 22.3 Å². The Bertz CT molecular complexity index is 1270. The Hall–Kier alpha value is -4.67. The van der Waals surface area contributed by atoms with Crippen LogP contribution >= 0.6 is 0 Å². The van der Waals surface area contributed by atoms with Crippen molar-refractivity contribution in [2.24, 2.45) is 5.10 Å². The number of benzene rings is 3. The monoisotopic (exact) mass is 512 g/mol. The first kappa shape index (κ1) is 26.9. The molecule has 0 aliphatic rings. The predicted molar refractivity (Wildman–Crippen MR) is 131 cm³/mol. The van der Waals surface area contributed by atoms with E-state index in [4.69, 9.17) is 4.74 Å². The van der Waals surface area contributed by atoms with Gasteiger partial charge in [-0.05, 0) is 60.5 Å². The summed E-state index contributed by atoms with van der Waals surface area (Å²) in [7, 11) is 0. The number of carbonyl (C=O) groups excluding carboxylic acids is 3. The summed E-state index contributed by atoms with van der Waals surface area (Å²) >= 11 is 0. The van der Waals surface area contributed by atoms with Gasteiger partial charge in [0.1, 0.15) is 5.75 Å². The molecule has 0 spiro atoms. The normalized spacial score (nSPS) is 11.1. The van der Waals surface area contributed by atoms with Crippen LogP contribution in [0.5, 0.6) is 5.75 Å². The van der Waals surface area contributed by atoms with E-state index in [-0.39, 0.29) is 12.2 Å². The lowest BCUT2D eigenvalue weighted by Gasteiger charge is -2.10. The third-order valence-electron chi connectivity index (χ3n) is 4.88. The molecule has 3 amide bonds. The van der Waals surface area contributed by atoms with Crippen molar-refractivity contribution in [3.63, 3.8) is 0 Å². The van der Waals surface area contributed by atoms with E-state index in [0.717, 1.165) is 23.3 Å². The van der Waals surface area contributed by atoms with Gasteiger partial charge in [-0.2, -0.15) is 18.3 Å². The zero-order valence-corrected chi connectivity index (χ0v) is 19.6. The van der Waals surface area contributed by atoms with Gasteiger partial charge in [0.2, 0.25) is 0 Å². The summed E-state index contributed by atoms with van der Waals surface area (Å²) in [4.78, 5) is 35.7. The van der Waals surface area contributed by atoms with E-state index in [1.807, 2.05) is 31.2 Å². The van der Waals surface area contributed by atoms with Crippen molar-refractivity contribution in [1.82, 2.24) is 10.7 Å². The van der Waals surface area contributed by atoms with Crippen LogP contribution in [0.15, 0.2) is 77.9 Å². The molecule has 0 bridgehead atoms. The highest BCUT2D eigenvalue weighted by Gasteiger charge is 2.30. The van der Waals surface area contributed by atoms with Crippen molar-refractivity contribution in [3.05, 3.63) is 95.1 Å². The van der Waals surface area contributed by atoms with Crippen LogP contribution in [-0.2, 0) is 27.1 Å². The molecule has 0 radical (unpaired) electrons. The maximum atomic E-state index is 12.8. The summed E-state index contributed by atoms with van der Waals surface area (Å²) in [5, 5.41) is 8.58. The molecule has 0 aliphatic carbocycles. The minimum absolute atomic E-state index is 0.000799. The first-order chi connectivity index (χ1) is 17.6. The van der Waals surface area contributed by atoms with Crippen molar-refractivity contribution in [3.8, 4) is 5.75 Å². The van der Waals surface area contributed by atoms with E-state index in [1.54, 1.807) is 12.1 Å². The SMILES string of the molecule is Cc1ccc(CNC(=O)C(=O)N/N=C\c2ccc(OCC(=O)Nc3cccc(C(F)(F)F)c3)cc2)cc1. The lowest BCUT2D eigenvalue weighted by Crippen LogP contribution is -2.37. The molecule has 3 rings (SSSR count). The summed E-state index contributed by atoms with van der Waals surface area (Å²) in [6.45, 7) is 1.73. The topological polar surface area (TPSA) is 109 Å². The number of hydrogen-bond acceptors (Lipinski definition) is 5. The highest BCUT2D eigenvalue weighted by molar-refractivity contribution is 6.35. The average Bonchev–Trinajstić information content (AvgIpc) is 2.87. The van der Waals surface area contributed by atoms with E-state index in [2.05, 4.69) is 21.2 Å². The number of aryl methyl sites for hydroxylation is 1. The number of nitrogens with zero attached hydrogens (tertiary/aromatic N) is 1. The molecule has 0 saturated heterocycles. The number of amides is 3. The number of rotatable bonds is 8. The molecule has 0 saturated carbocycles. The van der Waals surface area contributed by atoms with E-state index in [9.17, 15) is 27.6 Å². The largest absolute Gasteiger partial charge is 0.484 e. The molecule has 3 aromatic carbocycles. The van der Waals surface area contributed by atoms with Crippen LogP contribution in [0.2, 0.25) is 0 Å². The Morgan fingerprint density at radius 1 is 0.946 bits per heavy atom. The van der Waals surface area contributed by atoms with Gasteiger partial charge in [0.05, 0.1) is 11.8 Å². The average molecular weight is 512 g/mol. The highest BCUT2D eigenvalue weighted by atomic mass is 19.4. The van der Waals surface area contributed by atoms with Crippen molar-refractivity contribution >= 4 is 29.6 Å². The summed E-state index contributed by atoms with van der Waals surface area (Å²) in [6.07, 6.45) is -3.20. The molecule has 8 nitrogen and oxygen atoms in total. The number of nitrogens with one attached hydrogen (secondary N) is 3. The molecular formula is C26H23F3N4O4. The maximum absolute atomic E-state index is 12.8. The third-order valence-corrected chi connectivity index (χ3v) is 4.88. The summed E-state index contributed by atoms with van der Waals surface area (Å²) in [5.41, 5.74) is 3.77. The van der Waals surface area contributed by atoms with Crippen LogP contribution in [0.4, 0.5) is 18.9 Å². The van der Waals surface area contributed by atoms with E-state index in [1.165, 1.54) is 30.5 Å². The fraction of sp³-hybridized carbons (Fsp3) is 0.154. The Morgan fingerprint density at radius 2 is 1.65 bits per heavy atom. The third kappa shape index (κ3) is 8.80. The number of hydrogen-bond donors (Lipinski definition) is 3. The highest BCUT2D eigenvalue weighted by Crippen LogP contribution is 2.30. The van der Waals surface area contributed by atoms with Gasteiger partial charge in [0, 0.05) is 12.2 Å². The smallest absolute Gasteiger partial charge is 0.416 e. The van der Waals surface area contributed by atoms with Crippen LogP contribution < -0.4 is 20.8 Å². The standard InChI is InChI=1S/C26H23F3N4O4/c1-17-5-7-18(8-6-17)14-30-24(35)25(36)33-31-15-19-9-11-22(12-10-19)37-16-23(34)32-21-4-2-3-20(13-21)26(27,28)29/h2-13,15H,14,16H2,1H3,(H,30,35)(H,32,34)(H,33,36)/b31-15-. The van der Waals surface area contributed by atoms with Gasteiger partial charge in [-0.15, -0.1) is 0 Å². The second-order valence-corrected chi connectivity index (χ2v) is 7.85. The van der Waals surface area contributed by atoms with Crippen LogP contribution in [-0.4, -0.2) is 30.5 Å². The number of alkyl halides is 3. The van der Waals surface area contributed by atoms with E-state index >= 15 is 0 Å². The Balaban J connectivity index is 1.41. The lowest BCUT2D eigenvalue weighted by atomic mass is 10.1. The minimum Gasteiger partial charge on any atom is -0.484 e. The molecular weight excluding hydrogens is 489 g/mol. The molecule has 192 valence electrons. The van der Waals surface area contributed by atoms with Gasteiger partial charge >= 0.3 is 18.0 Å². The number of hydrazone groups is 1. The Morgan fingerprint density at radius 3 is 2.32 bits per heavy atom. The minimum atomic E-state index is -4.51. The van der Waals surface area contributed by atoms with Gasteiger partial charge in [-0.1, -0.05) is 35.9 Å². The second kappa shape index (κ2) is 12.3. The lowest BCUT2D eigenvalue weighted by molar-refractivity contribution is -0.139. The Kier molecular flexibility index (Phi) is 8.98. The maximum Gasteiger partial charge on any atom is 0.416 e. The molecule has 11 heteroatoms. The fourth-order valence-corrected chi connectivity index (χ4v) is 2.95. The molecule has 0 aromatic heterocycles. The van der Waals surface area contributed by atoms with Crippen molar-refractivity contribution in [1.29, 1.82) is 0 Å². The van der Waals surface area contributed by atoms with E-state index < -0.39 is 36.1 Å². The molecule has 0 heterocycles.